The minimum absolute atomic E-state index is 0.0460. The molecule has 0 spiro atoms. The van der Waals surface area contributed by atoms with E-state index in [1.165, 1.54) is 31.2 Å². The van der Waals surface area contributed by atoms with E-state index in [0.717, 1.165) is 12.8 Å². The molecule has 1 heterocycles. The highest BCUT2D eigenvalue weighted by atomic mass is 16.4. The van der Waals surface area contributed by atoms with Crippen LogP contribution in [0.25, 0.3) is 0 Å². The van der Waals surface area contributed by atoms with Crippen LogP contribution in [0.3, 0.4) is 0 Å². The van der Waals surface area contributed by atoms with Crippen LogP contribution >= 0.6 is 0 Å². The SMILES string of the molecule is CC(NC(=O)Nc1ccc(C(=O)O)nc1)C1CCCC1. The fourth-order valence-corrected chi connectivity index (χ4v) is 2.54. The number of carboxylic acids is 1. The summed E-state index contributed by atoms with van der Waals surface area (Å²) in [7, 11) is 0. The summed E-state index contributed by atoms with van der Waals surface area (Å²) in [4.78, 5) is 26.2. The molecule has 3 N–H and O–H groups in total. The summed E-state index contributed by atoms with van der Waals surface area (Å²) in [6.07, 6.45) is 6.13. The molecule has 2 rings (SSSR count). The molecule has 108 valence electrons. The monoisotopic (exact) mass is 277 g/mol. The van der Waals surface area contributed by atoms with Gasteiger partial charge in [0, 0.05) is 6.04 Å². The number of nitrogens with one attached hydrogen (secondary N) is 2. The number of aromatic carboxylic acids is 1. The Balaban J connectivity index is 1.85. The van der Waals surface area contributed by atoms with Crippen LogP contribution in [0.2, 0.25) is 0 Å². The molecule has 1 atom stereocenters. The fraction of sp³-hybridized carbons (Fsp3) is 0.500. The van der Waals surface area contributed by atoms with Gasteiger partial charge in [0.1, 0.15) is 5.69 Å². The summed E-state index contributed by atoms with van der Waals surface area (Å²) >= 11 is 0. The number of urea groups is 1. The summed E-state index contributed by atoms with van der Waals surface area (Å²) in [6.45, 7) is 2.02. The number of hydrogen-bond acceptors (Lipinski definition) is 3. The van der Waals surface area contributed by atoms with E-state index in [-0.39, 0.29) is 17.8 Å². The van der Waals surface area contributed by atoms with Gasteiger partial charge in [-0.25, -0.2) is 14.6 Å². The maximum Gasteiger partial charge on any atom is 0.354 e. The second kappa shape index (κ2) is 6.36. The highest BCUT2D eigenvalue weighted by Gasteiger charge is 2.22. The number of nitrogens with zero attached hydrogens (tertiary/aromatic N) is 1. The number of carbonyl (C=O) groups is 2. The Hall–Kier alpha value is -2.11. The molecule has 0 aliphatic heterocycles. The van der Waals surface area contributed by atoms with E-state index < -0.39 is 5.97 Å². The predicted molar refractivity (Wildman–Crippen MR) is 74.8 cm³/mol. The lowest BCUT2D eigenvalue weighted by molar-refractivity contribution is 0.0690. The summed E-state index contributed by atoms with van der Waals surface area (Å²) in [5.74, 6) is -0.538. The van der Waals surface area contributed by atoms with E-state index in [1.54, 1.807) is 0 Å². The van der Waals surface area contributed by atoms with Crippen molar-refractivity contribution in [2.75, 3.05) is 5.32 Å². The van der Waals surface area contributed by atoms with Crippen LogP contribution in [-0.4, -0.2) is 28.1 Å². The molecule has 6 nitrogen and oxygen atoms in total. The van der Waals surface area contributed by atoms with Crippen molar-refractivity contribution in [1.29, 1.82) is 0 Å². The zero-order chi connectivity index (χ0) is 14.5. The minimum atomic E-state index is -1.09. The van der Waals surface area contributed by atoms with E-state index in [9.17, 15) is 9.59 Å². The van der Waals surface area contributed by atoms with Gasteiger partial charge in [0.2, 0.25) is 0 Å². The first-order valence-electron chi connectivity index (χ1n) is 6.83. The van der Waals surface area contributed by atoms with Crippen LogP contribution in [0.5, 0.6) is 0 Å². The van der Waals surface area contributed by atoms with Crippen LogP contribution in [0.1, 0.15) is 43.1 Å². The second-order valence-corrected chi connectivity index (χ2v) is 5.17. The van der Waals surface area contributed by atoms with Crippen molar-refractivity contribution >= 4 is 17.7 Å². The van der Waals surface area contributed by atoms with Crippen molar-refractivity contribution in [1.82, 2.24) is 10.3 Å². The van der Waals surface area contributed by atoms with Crippen LogP contribution in [0, 0.1) is 5.92 Å². The lowest BCUT2D eigenvalue weighted by atomic mass is 10.0. The van der Waals surface area contributed by atoms with Gasteiger partial charge in [-0.3, -0.25) is 0 Å². The quantitative estimate of drug-likeness (QED) is 0.788. The number of hydrogen-bond donors (Lipinski definition) is 3. The third-order valence-electron chi connectivity index (χ3n) is 3.71. The first-order chi connectivity index (χ1) is 9.56. The van der Waals surface area contributed by atoms with E-state index in [1.807, 2.05) is 6.92 Å². The zero-order valence-electron chi connectivity index (χ0n) is 11.4. The molecule has 1 aromatic rings. The van der Waals surface area contributed by atoms with Gasteiger partial charge in [-0.2, -0.15) is 0 Å². The van der Waals surface area contributed by atoms with Crippen molar-refractivity contribution < 1.29 is 14.7 Å². The zero-order valence-corrected chi connectivity index (χ0v) is 11.4. The number of aromatic nitrogens is 1. The Bertz CT molecular complexity index is 481. The highest BCUT2D eigenvalue weighted by molar-refractivity contribution is 5.90. The Morgan fingerprint density at radius 3 is 2.60 bits per heavy atom. The molecule has 0 saturated heterocycles. The first kappa shape index (κ1) is 14.3. The van der Waals surface area contributed by atoms with Crippen LogP contribution in [-0.2, 0) is 0 Å². The summed E-state index contributed by atoms with van der Waals surface area (Å²) in [5.41, 5.74) is 0.432. The molecule has 1 aliphatic carbocycles. The maximum atomic E-state index is 11.8. The molecule has 2 amide bonds. The molecular formula is C14H19N3O3. The van der Waals surface area contributed by atoms with E-state index >= 15 is 0 Å². The van der Waals surface area contributed by atoms with Gasteiger partial charge in [-0.15, -0.1) is 0 Å². The van der Waals surface area contributed by atoms with Gasteiger partial charge in [0.25, 0.3) is 0 Å². The van der Waals surface area contributed by atoms with Crippen molar-refractivity contribution in [3.63, 3.8) is 0 Å². The third-order valence-corrected chi connectivity index (χ3v) is 3.71. The molecule has 1 saturated carbocycles. The largest absolute Gasteiger partial charge is 0.477 e. The lowest BCUT2D eigenvalue weighted by Gasteiger charge is -2.20. The molecule has 0 bridgehead atoms. The number of carbonyl (C=O) groups excluding carboxylic acids is 1. The Labute approximate surface area is 117 Å². The van der Waals surface area contributed by atoms with Gasteiger partial charge >= 0.3 is 12.0 Å². The van der Waals surface area contributed by atoms with Gasteiger partial charge < -0.3 is 15.7 Å². The lowest BCUT2D eigenvalue weighted by Crippen LogP contribution is -2.39. The molecule has 0 aromatic carbocycles. The second-order valence-electron chi connectivity index (χ2n) is 5.17. The molecule has 1 fully saturated rings. The van der Waals surface area contributed by atoms with Crippen molar-refractivity contribution in [3.05, 3.63) is 24.0 Å². The molecule has 0 radical (unpaired) electrons. The normalized spacial score (nSPS) is 16.6. The van der Waals surface area contributed by atoms with Crippen molar-refractivity contribution in [2.24, 2.45) is 5.92 Å². The Kier molecular flexibility index (Phi) is 4.55. The number of rotatable bonds is 4. The van der Waals surface area contributed by atoms with Crippen molar-refractivity contribution in [3.8, 4) is 0 Å². The maximum absolute atomic E-state index is 11.8. The number of carboxylic acid groups (broad SMARTS) is 1. The fourth-order valence-electron chi connectivity index (χ4n) is 2.54. The highest BCUT2D eigenvalue weighted by Crippen LogP contribution is 2.27. The van der Waals surface area contributed by atoms with Crippen LogP contribution in [0.15, 0.2) is 18.3 Å². The number of anilines is 1. The third kappa shape index (κ3) is 3.69. The van der Waals surface area contributed by atoms with E-state index in [0.29, 0.717) is 11.6 Å². The Morgan fingerprint density at radius 2 is 2.05 bits per heavy atom. The van der Waals surface area contributed by atoms with E-state index in [2.05, 4.69) is 15.6 Å². The van der Waals surface area contributed by atoms with E-state index in [4.69, 9.17) is 5.11 Å². The molecular weight excluding hydrogens is 258 g/mol. The molecule has 1 aliphatic rings. The molecule has 6 heteroatoms. The van der Waals surface area contributed by atoms with Crippen molar-refractivity contribution in [2.45, 2.75) is 38.6 Å². The van der Waals surface area contributed by atoms with Gasteiger partial charge in [0.05, 0.1) is 11.9 Å². The number of pyridine rings is 1. The van der Waals surface area contributed by atoms with Gasteiger partial charge in [-0.05, 0) is 37.8 Å². The molecule has 1 unspecified atom stereocenters. The van der Waals surface area contributed by atoms with Gasteiger partial charge in [0.15, 0.2) is 0 Å². The summed E-state index contributed by atoms with van der Waals surface area (Å²) in [6, 6.07) is 2.74. The Morgan fingerprint density at radius 1 is 1.35 bits per heavy atom. The molecule has 20 heavy (non-hydrogen) atoms. The van der Waals surface area contributed by atoms with Crippen LogP contribution in [0.4, 0.5) is 10.5 Å². The smallest absolute Gasteiger partial charge is 0.354 e. The molecule has 1 aromatic heterocycles. The summed E-state index contributed by atoms with van der Waals surface area (Å²) < 4.78 is 0. The number of amides is 2. The average molecular weight is 277 g/mol. The summed E-state index contributed by atoms with van der Waals surface area (Å²) in [5, 5.41) is 14.3. The van der Waals surface area contributed by atoms with Crippen LogP contribution < -0.4 is 10.6 Å². The standard InChI is InChI=1S/C14H19N3O3/c1-9(10-4-2-3-5-10)16-14(20)17-11-6-7-12(13(18)19)15-8-11/h6-10H,2-5H2,1H3,(H,18,19)(H2,16,17,20). The topological polar surface area (TPSA) is 91.3 Å². The first-order valence-corrected chi connectivity index (χ1v) is 6.83. The minimum Gasteiger partial charge on any atom is -0.477 e. The predicted octanol–water partition coefficient (Wildman–Crippen LogP) is 2.48. The van der Waals surface area contributed by atoms with Gasteiger partial charge in [-0.1, -0.05) is 12.8 Å². The average Bonchev–Trinajstić information content (AvgIpc) is 2.93.